The molecule has 0 fully saturated rings. The van der Waals surface area contributed by atoms with Crippen molar-refractivity contribution in [3.8, 4) is 0 Å². The Kier molecular flexibility index (Phi) is 4.22. The molecule has 0 atom stereocenters. The second-order valence-electron chi connectivity index (χ2n) is 2.62. The van der Waals surface area contributed by atoms with Crippen molar-refractivity contribution < 1.29 is 9.18 Å². The molecule has 0 aromatic heterocycles. The standard InChI is InChI=1S/C9H9ClFNOS/c10-6-2-1-3-7(9(6)11)12-8(13)4-5-14/h1-3,14H,4-5H2,(H,12,13). The predicted molar refractivity (Wildman–Crippen MR) is 58.5 cm³/mol. The van der Waals surface area contributed by atoms with Gasteiger partial charge < -0.3 is 5.32 Å². The molecule has 5 heteroatoms. The third-order valence-corrected chi connectivity index (χ3v) is 2.08. The van der Waals surface area contributed by atoms with Gasteiger partial charge in [0.05, 0.1) is 10.7 Å². The first-order valence-corrected chi connectivity index (χ1v) is 5.01. The molecule has 0 heterocycles. The van der Waals surface area contributed by atoms with Crippen LogP contribution in [0.1, 0.15) is 6.42 Å². The van der Waals surface area contributed by atoms with Crippen LogP contribution in [0.25, 0.3) is 0 Å². The minimum absolute atomic E-state index is 0.00586. The van der Waals surface area contributed by atoms with E-state index >= 15 is 0 Å². The molecule has 1 aromatic carbocycles. The van der Waals surface area contributed by atoms with Crippen LogP contribution < -0.4 is 5.32 Å². The van der Waals surface area contributed by atoms with E-state index in [-0.39, 0.29) is 23.0 Å². The second kappa shape index (κ2) is 5.22. The van der Waals surface area contributed by atoms with Crippen LogP contribution in [-0.2, 0) is 4.79 Å². The molecule has 0 aliphatic rings. The van der Waals surface area contributed by atoms with Gasteiger partial charge in [0.2, 0.25) is 5.91 Å². The van der Waals surface area contributed by atoms with Crippen LogP contribution in [0.3, 0.4) is 0 Å². The van der Waals surface area contributed by atoms with E-state index in [0.29, 0.717) is 5.75 Å². The second-order valence-corrected chi connectivity index (χ2v) is 3.48. The number of anilines is 1. The SMILES string of the molecule is O=C(CCS)Nc1cccc(Cl)c1F. The van der Waals surface area contributed by atoms with Gasteiger partial charge in [0.1, 0.15) is 0 Å². The summed E-state index contributed by atoms with van der Waals surface area (Å²) in [5.41, 5.74) is 0.101. The average Bonchev–Trinajstić information content (AvgIpc) is 2.13. The van der Waals surface area contributed by atoms with Gasteiger partial charge in [-0.3, -0.25) is 4.79 Å². The predicted octanol–water partition coefficient (Wildman–Crippen LogP) is 2.74. The number of carbonyl (C=O) groups is 1. The number of amides is 1. The van der Waals surface area contributed by atoms with Crippen LogP contribution in [0.15, 0.2) is 18.2 Å². The van der Waals surface area contributed by atoms with Gasteiger partial charge >= 0.3 is 0 Å². The highest BCUT2D eigenvalue weighted by molar-refractivity contribution is 7.80. The normalized spacial score (nSPS) is 9.93. The van der Waals surface area contributed by atoms with Gasteiger partial charge in [-0.15, -0.1) is 0 Å². The van der Waals surface area contributed by atoms with Crippen molar-refractivity contribution in [1.29, 1.82) is 0 Å². The summed E-state index contributed by atoms with van der Waals surface area (Å²) in [6, 6.07) is 4.45. The lowest BCUT2D eigenvalue weighted by Crippen LogP contribution is -2.12. The van der Waals surface area contributed by atoms with Gasteiger partial charge in [-0.25, -0.2) is 4.39 Å². The first-order chi connectivity index (χ1) is 6.65. The third-order valence-electron chi connectivity index (χ3n) is 1.56. The lowest BCUT2D eigenvalue weighted by molar-refractivity contribution is -0.115. The van der Waals surface area contributed by atoms with E-state index in [9.17, 15) is 9.18 Å². The highest BCUT2D eigenvalue weighted by atomic mass is 35.5. The summed E-state index contributed by atoms with van der Waals surface area (Å²) >= 11 is 9.42. The average molecular weight is 234 g/mol. The summed E-state index contributed by atoms with van der Waals surface area (Å²) < 4.78 is 13.2. The Morgan fingerprint density at radius 1 is 1.57 bits per heavy atom. The summed E-state index contributed by atoms with van der Waals surface area (Å²) in [5.74, 6) is -0.462. The zero-order valence-corrected chi connectivity index (χ0v) is 8.91. The maximum absolute atomic E-state index is 13.2. The maximum Gasteiger partial charge on any atom is 0.225 e. The molecule has 2 nitrogen and oxygen atoms in total. The maximum atomic E-state index is 13.2. The van der Waals surface area contributed by atoms with Crippen molar-refractivity contribution in [3.05, 3.63) is 29.0 Å². The molecule has 0 spiro atoms. The Morgan fingerprint density at radius 2 is 2.29 bits per heavy atom. The number of hydrogen-bond acceptors (Lipinski definition) is 2. The van der Waals surface area contributed by atoms with Crippen molar-refractivity contribution in [2.75, 3.05) is 11.1 Å². The smallest absolute Gasteiger partial charge is 0.225 e. The summed E-state index contributed by atoms with van der Waals surface area (Å²) in [6.45, 7) is 0. The van der Waals surface area contributed by atoms with Crippen LogP contribution in [0.2, 0.25) is 5.02 Å². The van der Waals surface area contributed by atoms with Gasteiger partial charge in [-0.05, 0) is 17.9 Å². The summed E-state index contributed by atoms with van der Waals surface area (Å²) in [5, 5.41) is 2.40. The van der Waals surface area contributed by atoms with Crippen molar-refractivity contribution in [2.24, 2.45) is 0 Å². The van der Waals surface area contributed by atoms with Gasteiger partial charge in [0.25, 0.3) is 0 Å². The number of halogens is 2. The number of thiol groups is 1. The number of benzene rings is 1. The van der Waals surface area contributed by atoms with Crippen molar-refractivity contribution in [2.45, 2.75) is 6.42 Å². The molecule has 0 bridgehead atoms. The van der Waals surface area contributed by atoms with Crippen LogP contribution in [0, 0.1) is 5.82 Å². The van der Waals surface area contributed by atoms with E-state index in [1.807, 2.05) is 0 Å². The molecule has 0 unspecified atom stereocenters. The van der Waals surface area contributed by atoms with Crippen LogP contribution in [0.4, 0.5) is 10.1 Å². The Labute approximate surface area is 91.9 Å². The first kappa shape index (κ1) is 11.3. The molecule has 1 amide bonds. The Hall–Kier alpha value is -0.740. The molecular weight excluding hydrogens is 225 g/mol. The zero-order valence-electron chi connectivity index (χ0n) is 7.26. The monoisotopic (exact) mass is 233 g/mol. The summed E-state index contributed by atoms with van der Waals surface area (Å²) in [4.78, 5) is 11.1. The molecule has 0 aliphatic heterocycles. The lowest BCUT2D eigenvalue weighted by Gasteiger charge is -2.05. The van der Waals surface area contributed by atoms with E-state index in [4.69, 9.17) is 11.6 Å². The quantitative estimate of drug-likeness (QED) is 0.773. The highest BCUT2D eigenvalue weighted by Gasteiger charge is 2.08. The zero-order chi connectivity index (χ0) is 10.6. The minimum Gasteiger partial charge on any atom is -0.324 e. The summed E-state index contributed by atoms with van der Waals surface area (Å²) in [6.07, 6.45) is 0.245. The van der Waals surface area contributed by atoms with Crippen molar-refractivity contribution >= 4 is 35.8 Å². The number of nitrogens with one attached hydrogen (secondary N) is 1. The fourth-order valence-electron chi connectivity index (χ4n) is 0.915. The number of hydrogen-bond donors (Lipinski definition) is 2. The molecule has 0 saturated carbocycles. The first-order valence-electron chi connectivity index (χ1n) is 4.00. The molecule has 0 radical (unpaired) electrons. The third kappa shape index (κ3) is 2.89. The van der Waals surface area contributed by atoms with E-state index in [1.54, 1.807) is 6.07 Å². The Morgan fingerprint density at radius 3 is 2.93 bits per heavy atom. The van der Waals surface area contributed by atoms with E-state index in [1.165, 1.54) is 12.1 Å². The van der Waals surface area contributed by atoms with E-state index < -0.39 is 5.82 Å². The largest absolute Gasteiger partial charge is 0.324 e. The minimum atomic E-state index is -0.610. The number of carbonyl (C=O) groups excluding carboxylic acids is 1. The summed E-state index contributed by atoms with van der Waals surface area (Å²) in [7, 11) is 0. The molecule has 0 saturated heterocycles. The molecule has 1 aromatic rings. The van der Waals surface area contributed by atoms with E-state index in [0.717, 1.165) is 0 Å². The van der Waals surface area contributed by atoms with Crippen LogP contribution >= 0.6 is 24.2 Å². The van der Waals surface area contributed by atoms with Gasteiger partial charge in [-0.1, -0.05) is 17.7 Å². The van der Waals surface area contributed by atoms with Crippen molar-refractivity contribution in [1.82, 2.24) is 0 Å². The van der Waals surface area contributed by atoms with Gasteiger partial charge in [0.15, 0.2) is 5.82 Å². The topological polar surface area (TPSA) is 29.1 Å². The van der Waals surface area contributed by atoms with Crippen LogP contribution in [-0.4, -0.2) is 11.7 Å². The molecular formula is C9H9ClFNOS. The molecule has 14 heavy (non-hydrogen) atoms. The fourth-order valence-corrected chi connectivity index (χ4v) is 1.29. The Balaban J connectivity index is 2.76. The Bertz CT molecular complexity index is 346. The molecule has 0 aliphatic carbocycles. The molecule has 76 valence electrons. The fraction of sp³-hybridized carbons (Fsp3) is 0.222. The van der Waals surface area contributed by atoms with E-state index in [2.05, 4.69) is 17.9 Å². The van der Waals surface area contributed by atoms with Gasteiger partial charge in [-0.2, -0.15) is 12.6 Å². The highest BCUT2D eigenvalue weighted by Crippen LogP contribution is 2.21. The van der Waals surface area contributed by atoms with Crippen LogP contribution in [0.5, 0.6) is 0 Å². The van der Waals surface area contributed by atoms with Gasteiger partial charge in [0, 0.05) is 6.42 Å². The van der Waals surface area contributed by atoms with Crippen molar-refractivity contribution in [3.63, 3.8) is 0 Å². The lowest BCUT2D eigenvalue weighted by atomic mass is 10.3. The molecule has 1 rings (SSSR count). The molecule has 1 N–H and O–H groups in total. The number of rotatable bonds is 3.